The van der Waals surface area contributed by atoms with Gasteiger partial charge in [-0.05, 0) is 43.2 Å². The standard InChI is InChI=1S/C18H14FN3O/c19-11-4-7-13-14(18(23)21-12-5-6-12)10-17(22-16(13)9-11)15-3-1-2-8-20-15/h1-4,7-10,12H,5-6H2,(H,21,23). The first-order valence-corrected chi connectivity index (χ1v) is 7.53. The molecule has 0 atom stereocenters. The highest BCUT2D eigenvalue weighted by atomic mass is 19.1. The maximum Gasteiger partial charge on any atom is 0.252 e. The Balaban J connectivity index is 1.89. The van der Waals surface area contributed by atoms with E-state index in [1.165, 1.54) is 12.1 Å². The van der Waals surface area contributed by atoms with Crippen LogP contribution in [-0.2, 0) is 0 Å². The lowest BCUT2D eigenvalue weighted by atomic mass is 10.1. The summed E-state index contributed by atoms with van der Waals surface area (Å²) >= 11 is 0. The Morgan fingerprint density at radius 1 is 1.13 bits per heavy atom. The predicted molar refractivity (Wildman–Crippen MR) is 85.4 cm³/mol. The van der Waals surface area contributed by atoms with Gasteiger partial charge in [-0.2, -0.15) is 0 Å². The van der Waals surface area contributed by atoms with E-state index in [0.717, 1.165) is 12.8 Å². The zero-order valence-corrected chi connectivity index (χ0v) is 12.3. The molecule has 0 spiro atoms. The molecule has 1 aliphatic carbocycles. The van der Waals surface area contributed by atoms with Gasteiger partial charge in [0, 0.05) is 23.7 Å². The number of halogens is 1. The first-order chi connectivity index (χ1) is 11.2. The van der Waals surface area contributed by atoms with E-state index in [9.17, 15) is 9.18 Å². The SMILES string of the molecule is O=C(NC1CC1)c1cc(-c2ccccn2)nc2cc(F)ccc12. The normalized spacial score (nSPS) is 14.0. The molecular weight excluding hydrogens is 293 g/mol. The van der Waals surface area contributed by atoms with Crippen LogP contribution in [0.3, 0.4) is 0 Å². The van der Waals surface area contributed by atoms with Crippen molar-refractivity contribution in [2.75, 3.05) is 0 Å². The molecule has 0 saturated heterocycles. The van der Waals surface area contributed by atoms with Crippen molar-refractivity contribution in [2.24, 2.45) is 0 Å². The van der Waals surface area contributed by atoms with E-state index in [4.69, 9.17) is 0 Å². The molecule has 3 aromatic rings. The number of carbonyl (C=O) groups excluding carboxylic acids is 1. The number of hydrogen-bond donors (Lipinski definition) is 1. The Kier molecular flexibility index (Phi) is 3.26. The number of hydrogen-bond acceptors (Lipinski definition) is 3. The van der Waals surface area contributed by atoms with Crippen molar-refractivity contribution < 1.29 is 9.18 Å². The molecule has 23 heavy (non-hydrogen) atoms. The van der Waals surface area contributed by atoms with Gasteiger partial charge >= 0.3 is 0 Å². The topological polar surface area (TPSA) is 54.9 Å². The molecule has 0 bridgehead atoms. The summed E-state index contributed by atoms with van der Waals surface area (Å²) in [6.07, 6.45) is 3.68. The summed E-state index contributed by atoms with van der Waals surface area (Å²) in [6.45, 7) is 0. The summed E-state index contributed by atoms with van der Waals surface area (Å²) in [4.78, 5) is 21.3. The molecule has 0 unspecified atom stereocenters. The van der Waals surface area contributed by atoms with Crippen molar-refractivity contribution in [2.45, 2.75) is 18.9 Å². The summed E-state index contributed by atoms with van der Waals surface area (Å²) in [6, 6.07) is 11.7. The molecule has 1 saturated carbocycles. The monoisotopic (exact) mass is 307 g/mol. The fourth-order valence-corrected chi connectivity index (χ4v) is 2.53. The van der Waals surface area contributed by atoms with Crippen LogP contribution in [0.5, 0.6) is 0 Å². The molecule has 0 aliphatic heterocycles. The Bertz CT molecular complexity index is 891. The Hall–Kier alpha value is -2.82. The molecule has 2 heterocycles. The van der Waals surface area contributed by atoms with Crippen molar-refractivity contribution in [1.29, 1.82) is 0 Å². The van der Waals surface area contributed by atoms with Gasteiger partial charge in [-0.15, -0.1) is 0 Å². The number of fused-ring (bicyclic) bond motifs is 1. The van der Waals surface area contributed by atoms with Crippen LogP contribution >= 0.6 is 0 Å². The summed E-state index contributed by atoms with van der Waals surface area (Å²) in [5, 5.41) is 3.62. The molecule has 4 nitrogen and oxygen atoms in total. The van der Waals surface area contributed by atoms with Gasteiger partial charge < -0.3 is 5.32 Å². The smallest absolute Gasteiger partial charge is 0.252 e. The van der Waals surface area contributed by atoms with E-state index in [1.54, 1.807) is 18.3 Å². The van der Waals surface area contributed by atoms with Crippen LogP contribution in [0.2, 0.25) is 0 Å². The van der Waals surface area contributed by atoms with Crippen LogP contribution in [0.25, 0.3) is 22.3 Å². The second kappa shape index (κ2) is 5.43. The van der Waals surface area contributed by atoms with E-state index < -0.39 is 0 Å². The molecule has 5 heteroatoms. The van der Waals surface area contributed by atoms with Gasteiger partial charge in [-0.25, -0.2) is 9.37 Å². The van der Waals surface area contributed by atoms with Crippen molar-refractivity contribution in [1.82, 2.24) is 15.3 Å². The van der Waals surface area contributed by atoms with Gasteiger partial charge in [0.05, 0.1) is 22.5 Å². The first-order valence-electron chi connectivity index (χ1n) is 7.53. The molecule has 1 aromatic carbocycles. The third-order valence-corrected chi connectivity index (χ3v) is 3.86. The van der Waals surface area contributed by atoms with E-state index in [2.05, 4.69) is 15.3 Å². The van der Waals surface area contributed by atoms with Gasteiger partial charge in [-0.3, -0.25) is 9.78 Å². The lowest BCUT2D eigenvalue weighted by molar-refractivity contribution is 0.0952. The Morgan fingerprint density at radius 3 is 2.74 bits per heavy atom. The third kappa shape index (κ3) is 2.77. The number of pyridine rings is 2. The van der Waals surface area contributed by atoms with Crippen LogP contribution in [0.1, 0.15) is 23.2 Å². The quantitative estimate of drug-likeness (QED) is 0.807. The minimum absolute atomic E-state index is 0.149. The highest BCUT2D eigenvalue weighted by molar-refractivity contribution is 6.07. The summed E-state index contributed by atoms with van der Waals surface area (Å²) in [5.74, 6) is -0.527. The van der Waals surface area contributed by atoms with Crippen molar-refractivity contribution in [3.63, 3.8) is 0 Å². The minimum atomic E-state index is -0.378. The summed E-state index contributed by atoms with van der Waals surface area (Å²) in [5.41, 5.74) is 2.17. The Morgan fingerprint density at radius 2 is 2.00 bits per heavy atom. The zero-order chi connectivity index (χ0) is 15.8. The number of aromatic nitrogens is 2. The highest BCUT2D eigenvalue weighted by Gasteiger charge is 2.25. The number of rotatable bonds is 3. The van der Waals surface area contributed by atoms with E-state index >= 15 is 0 Å². The van der Waals surface area contributed by atoms with Crippen LogP contribution in [-0.4, -0.2) is 21.9 Å². The fraction of sp³-hybridized carbons (Fsp3) is 0.167. The summed E-state index contributed by atoms with van der Waals surface area (Å²) in [7, 11) is 0. The van der Waals surface area contributed by atoms with Crippen molar-refractivity contribution in [3.05, 3.63) is 60.0 Å². The predicted octanol–water partition coefficient (Wildman–Crippen LogP) is 3.33. The molecular formula is C18H14FN3O. The van der Waals surface area contributed by atoms with Crippen molar-refractivity contribution in [3.8, 4) is 11.4 Å². The number of nitrogens with zero attached hydrogens (tertiary/aromatic N) is 2. The van der Waals surface area contributed by atoms with Gasteiger partial charge in [0.15, 0.2) is 0 Å². The molecule has 0 radical (unpaired) electrons. The molecule has 1 aliphatic rings. The highest BCUT2D eigenvalue weighted by Crippen LogP contribution is 2.26. The maximum absolute atomic E-state index is 13.6. The summed E-state index contributed by atoms with van der Waals surface area (Å²) < 4.78 is 13.6. The molecule has 1 fully saturated rings. The second-order valence-corrected chi connectivity index (χ2v) is 5.68. The molecule has 1 amide bonds. The van der Waals surface area contributed by atoms with E-state index in [-0.39, 0.29) is 17.8 Å². The van der Waals surface area contributed by atoms with Gasteiger partial charge in [0.25, 0.3) is 5.91 Å². The number of amides is 1. The van der Waals surface area contributed by atoms with Crippen molar-refractivity contribution >= 4 is 16.8 Å². The lowest BCUT2D eigenvalue weighted by Gasteiger charge is -2.10. The number of benzene rings is 1. The van der Waals surface area contributed by atoms with Gasteiger partial charge in [-0.1, -0.05) is 6.07 Å². The largest absolute Gasteiger partial charge is 0.349 e. The van der Waals surface area contributed by atoms with Crippen LogP contribution in [0, 0.1) is 5.82 Å². The zero-order valence-electron chi connectivity index (χ0n) is 12.3. The first kappa shape index (κ1) is 13.8. The average Bonchev–Trinajstić information content (AvgIpc) is 3.38. The molecule has 1 N–H and O–H groups in total. The number of carbonyl (C=O) groups is 1. The second-order valence-electron chi connectivity index (χ2n) is 5.68. The van der Waals surface area contributed by atoms with Crippen LogP contribution in [0.15, 0.2) is 48.7 Å². The van der Waals surface area contributed by atoms with Crippen LogP contribution < -0.4 is 5.32 Å². The van der Waals surface area contributed by atoms with E-state index in [1.807, 2.05) is 18.2 Å². The molecule has 114 valence electrons. The number of nitrogens with one attached hydrogen (secondary N) is 1. The molecule has 4 rings (SSSR count). The maximum atomic E-state index is 13.6. The third-order valence-electron chi connectivity index (χ3n) is 3.86. The van der Waals surface area contributed by atoms with Crippen LogP contribution in [0.4, 0.5) is 4.39 Å². The minimum Gasteiger partial charge on any atom is -0.349 e. The van der Waals surface area contributed by atoms with Gasteiger partial charge in [0.1, 0.15) is 5.82 Å². The molecule has 2 aromatic heterocycles. The van der Waals surface area contributed by atoms with E-state index in [0.29, 0.717) is 27.9 Å². The lowest BCUT2D eigenvalue weighted by Crippen LogP contribution is -2.25. The average molecular weight is 307 g/mol. The Labute approximate surface area is 132 Å². The van der Waals surface area contributed by atoms with Gasteiger partial charge in [0.2, 0.25) is 0 Å². The fourth-order valence-electron chi connectivity index (χ4n) is 2.53.